The summed E-state index contributed by atoms with van der Waals surface area (Å²) in [6.45, 7) is 4.67. The van der Waals surface area contributed by atoms with Crippen molar-refractivity contribution in [3.8, 4) is 0 Å². The zero-order chi connectivity index (χ0) is 13.0. The van der Waals surface area contributed by atoms with E-state index in [1.54, 1.807) is 0 Å². The third kappa shape index (κ3) is 3.58. The number of benzene rings is 1. The minimum Gasteiger partial charge on any atom is -0.307 e. The van der Waals surface area contributed by atoms with Gasteiger partial charge in [0, 0.05) is 16.6 Å². The fraction of sp³-hybridized carbons (Fsp3) is 0.625. The minimum atomic E-state index is 0.422. The largest absolute Gasteiger partial charge is 0.307 e. The van der Waals surface area contributed by atoms with Gasteiger partial charge in [0.05, 0.1) is 0 Å². The van der Waals surface area contributed by atoms with Crippen LogP contribution in [0.1, 0.15) is 57.6 Å². The van der Waals surface area contributed by atoms with E-state index in [1.807, 2.05) is 0 Å². The fourth-order valence-electron chi connectivity index (χ4n) is 2.98. The van der Waals surface area contributed by atoms with E-state index in [0.29, 0.717) is 12.1 Å². The van der Waals surface area contributed by atoms with Gasteiger partial charge in [0.2, 0.25) is 0 Å². The monoisotopic (exact) mass is 309 g/mol. The zero-order valence-corrected chi connectivity index (χ0v) is 13.0. The van der Waals surface area contributed by atoms with Gasteiger partial charge in [-0.2, -0.15) is 0 Å². The molecule has 1 aromatic rings. The van der Waals surface area contributed by atoms with Crippen molar-refractivity contribution in [2.75, 3.05) is 0 Å². The second-order valence-electron chi connectivity index (χ2n) is 5.63. The van der Waals surface area contributed by atoms with Gasteiger partial charge in [-0.15, -0.1) is 0 Å². The molecule has 0 radical (unpaired) electrons. The molecule has 18 heavy (non-hydrogen) atoms. The Bertz CT molecular complexity index is 377. The van der Waals surface area contributed by atoms with Crippen LogP contribution in [-0.4, -0.2) is 6.04 Å². The average molecular weight is 310 g/mol. The second kappa shape index (κ2) is 6.72. The highest BCUT2D eigenvalue weighted by Gasteiger charge is 2.22. The molecule has 1 aliphatic carbocycles. The highest BCUT2D eigenvalue weighted by atomic mass is 79.9. The van der Waals surface area contributed by atoms with Gasteiger partial charge in [-0.3, -0.25) is 0 Å². The molecule has 1 nitrogen and oxygen atoms in total. The standard InChI is InChI=1S/C16H24BrN/c1-12-8-4-3-5-11-16(12)18-13(2)14-9-6-7-10-15(14)17/h6-7,9-10,12-13,16,18H,3-5,8,11H2,1-2H3. The van der Waals surface area contributed by atoms with Crippen molar-refractivity contribution in [2.24, 2.45) is 5.92 Å². The van der Waals surface area contributed by atoms with Crippen LogP contribution in [0.15, 0.2) is 28.7 Å². The van der Waals surface area contributed by atoms with Crippen molar-refractivity contribution in [3.63, 3.8) is 0 Å². The van der Waals surface area contributed by atoms with Crippen LogP contribution < -0.4 is 5.32 Å². The molecule has 2 heteroatoms. The Labute approximate surface area is 119 Å². The summed E-state index contributed by atoms with van der Waals surface area (Å²) in [5.41, 5.74) is 1.37. The van der Waals surface area contributed by atoms with Crippen LogP contribution in [0.25, 0.3) is 0 Å². The van der Waals surface area contributed by atoms with E-state index in [0.717, 1.165) is 5.92 Å². The van der Waals surface area contributed by atoms with Gasteiger partial charge in [-0.05, 0) is 37.3 Å². The molecule has 0 saturated heterocycles. The smallest absolute Gasteiger partial charge is 0.0305 e. The summed E-state index contributed by atoms with van der Waals surface area (Å²) in [5.74, 6) is 0.803. The van der Waals surface area contributed by atoms with Crippen LogP contribution >= 0.6 is 15.9 Å². The molecule has 1 N–H and O–H groups in total. The van der Waals surface area contributed by atoms with E-state index in [1.165, 1.54) is 42.1 Å². The highest BCUT2D eigenvalue weighted by Crippen LogP contribution is 2.28. The van der Waals surface area contributed by atoms with E-state index in [4.69, 9.17) is 0 Å². The zero-order valence-electron chi connectivity index (χ0n) is 11.5. The molecule has 2 rings (SSSR count). The van der Waals surface area contributed by atoms with Gasteiger partial charge in [0.1, 0.15) is 0 Å². The van der Waals surface area contributed by atoms with Crippen LogP contribution in [0, 0.1) is 5.92 Å². The number of hydrogen-bond acceptors (Lipinski definition) is 1. The van der Waals surface area contributed by atoms with Crippen molar-refractivity contribution in [2.45, 2.75) is 58.0 Å². The lowest BCUT2D eigenvalue weighted by atomic mass is 9.95. The van der Waals surface area contributed by atoms with Crippen LogP contribution in [0.3, 0.4) is 0 Å². The van der Waals surface area contributed by atoms with Gasteiger partial charge >= 0.3 is 0 Å². The molecule has 1 aliphatic rings. The van der Waals surface area contributed by atoms with Crippen LogP contribution in [0.5, 0.6) is 0 Å². The predicted molar refractivity (Wildman–Crippen MR) is 81.7 cm³/mol. The summed E-state index contributed by atoms with van der Waals surface area (Å²) in [5, 5.41) is 3.84. The van der Waals surface area contributed by atoms with E-state index in [-0.39, 0.29) is 0 Å². The third-order valence-corrected chi connectivity index (χ3v) is 4.92. The first-order valence-corrected chi connectivity index (χ1v) is 7.98. The van der Waals surface area contributed by atoms with Crippen molar-refractivity contribution < 1.29 is 0 Å². The first kappa shape index (κ1) is 14.1. The summed E-state index contributed by atoms with van der Waals surface area (Å²) in [6.07, 6.45) is 6.90. The molecule has 0 heterocycles. The SMILES string of the molecule is CC(NC1CCCCCC1C)c1ccccc1Br. The van der Waals surface area contributed by atoms with Gasteiger partial charge in [0.25, 0.3) is 0 Å². The van der Waals surface area contributed by atoms with Gasteiger partial charge in [0.15, 0.2) is 0 Å². The predicted octanol–water partition coefficient (Wildman–Crippen LogP) is 5.07. The number of hydrogen-bond donors (Lipinski definition) is 1. The van der Waals surface area contributed by atoms with Crippen LogP contribution in [-0.2, 0) is 0 Å². The molecule has 1 saturated carbocycles. The maximum atomic E-state index is 3.84. The minimum absolute atomic E-state index is 0.422. The third-order valence-electron chi connectivity index (χ3n) is 4.20. The van der Waals surface area contributed by atoms with Crippen molar-refractivity contribution in [1.29, 1.82) is 0 Å². The Hall–Kier alpha value is -0.340. The lowest BCUT2D eigenvalue weighted by Gasteiger charge is -2.27. The van der Waals surface area contributed by atoms with Gasteiger partial charge in [-0.1, -0.05) is 60.3 Å². The van der Waals surface area contributed by atoms with Crippen LogP contribution in [0.2, 0.25) is 0 Å². The Morgan fingerprint density at radius 3 is 2.67 bits per heavy atom. The Kier molecular flexibility index (Phi) is 5.25. The molecule has 0 aromatic heterocycles. The molecule has 3 atom stereocenters. The van der Waals surface area contributed by atoms with Crippen molar-refractivity contribution in [3.05, 3.63) is 34.3 Å². The van der Waals surface area contributed by atoms with E-state index >= 15 is 0 Å². The number of halogens is 1. The summed E-state index contributed by atoms with van der Waals surface area (Å²) in [4.78, 5) is 0. The maximum Gasteiger partial charge on any atom is 0.0305 e. The molecule has 1 fully saturated rings. The van der Waals surface area contributed by atoms with Crippen LogP contribution in [0.4, 0.5) is 0 Å². The molecule has 0 spiro atoms. The lowest BCUT2D eigenvalue weighted by molar-refractivity contribution is 0.330. The molecule has 0 bridgehead atoms. The van der Waals surface area contributed by atoms with Gasteiger partial charge in [-0.25, -0.2) is 0 Å². The normalized spacial score (nSPS) is 26.6. The number of rotatable bonds is 3. The first-order valence-electron chi connectivity index (χ1n) is 7.19. The van der Waals surface area contributed by atoms with Crippen molar-refractivity contribution in [1.82, 2.24) is 5.32 Å². The average Bonchev–Trinajstić information content (AvgIpc) is 2.55. The maximum absolute atomic E-state index is 3.84. The quantitative estimate of drug-likeness (QED) is 0.769. The first-order chi connectivity index (χ1) is 8.68. The highest BCUT2D eigenvalue weighted by molar-refractivity contribution is 9.10. The van der Waals surface area contributed by atoms with Crippen molar-refractivity contribution >= 4 is 15.9 Å². The number of nitrogens with one attached hydrogen (secondary N) is 1. The summed E-state index contributed by atoms with van der Waals surface area (Å²) in [7, 11) is 0. The summed E-state index contributed by atoms with van der Waals surface area (Å²) >= 11 is 3.65. The molecule has 1 aromatic carbocycles. The molecular formula is C16H24BrN. The van der Waals surface area contributed by atoms with E-state index in [2.05, 4.69) is 59.4 Å². The Morgan fingerprint density at radius 2 is 1.89 bits per heavy atom. The summed E-state index contributed by atoms with van der Waals surface area (Å²) in [6, 6.07) is 9.64. The fourth-order valence-corrected chi connectivity index (χ4v) is 3.61. The van der Waals surface area contributed by atoms with E-state index < -0.39 is 0 Å². The lowest BCUT2D eigenvalue weighted by Crippen LogP contribution is -2.36. The topological polar surface area (TPSA) is 12.0 Å². The molecule has 0 amide bonds. The second-order valence-corrected chi connectivity index (χ2v) is 6.49. The Balaban J connectivity index is 2.02. The Morgan fingerprint density at radius 1 is 1.17 bits per heavy atom. The molecule has 0 aliphatic heterocycles. The molecule has 100 valence electrons. The molecule has 3 unspecified atom stereocenters. The molecular weight excluding hydrogens is 286 g/mol. The summed E-state index contributed by atoms with van der Waals surface area (Å²) < 4.78 is 1.21. The van der Waals surface area contributed by atoms with E-state index in [9.17, 15) is 0 Å². The van der Waals surface area contributed by atoms with Gasteiger partial charge < -0.3 is 5.32 Å².